The second-order valence-corrected chi connectivity index (χ2v) is 4.50. The number of aliphatic hydroxyl groups is 1. The number of para-hydroxylation sites is 2. The lowest BCUT2D eigenvalue weighted by Crippen LogP contribution is -2.07. The number of rotatable bonds is 5. The maximum atomic E-state index is 9.54. The fourth-order valence-corrected chi connectivity index (χ4v) is 2.17. The molecule has 17 heavy (non-hydrogen) atoms. The summed E-state index contributed by atoms with van der Waals surface area (Å²) in [7, 11) is 0. The van der Waals surface area contributed by atoms with Crippen LogP contribution >= 0.6 is 0 Å². The number of fused-ring (bicyclic) bond motifs is 1. The molecule has 2 rings (SSSR count). The summed E-state index contributed by atoms with van der Waals surface area (Å²) >= 11 is 0. The van der Waals surface area contributed by atoms with Crippen molar-refractivity contribution >= 4 is 11.0 Å². The molecule has 0 aliphatic rings. The summed E-state index contributed by atoms with van der Waals surface area (Å²) in [5.41, 5.74) is 2.25. The van der Waals surface area contributed by atoms with Crippen LogP contribution in [-0.2, 0) is 6.54 Å². The predicted molar refractivity (Wildman–Crippen MR) is 70.0 cm³/mol. The first kappa shape index (κ1) is 12.1. The summed E-state index contributed by atoms with van der Waals surface area (Å²) in [6.07, 6.45) is 2.53. The van der Waals surface area contributed by atoms with Crippen molar-refractivity contribution in [1.29, 1.82) is 0 Å². The molecule has 0 amide bonds. The summed E-state index contributed by atoms with van der Waals surface area (Å²) in [5.74, 6) is 1.05. The Morgan fingerprint density at radius 3 is 2.88 bits per heavy atom. The van der Waals surface area contributed by atoms with Gasteiger partial charge in [-0.2, -0.15) is 0 Å². The van der Waals surface area contributed by atoms with Gasteiger partial charge in [0.2, 0.25) is 0 Å². The Hall–Kier alpha value is -1.35. The second-order valence-electron chi connectivity index (χ2n) is 4.50. The molecule has 0 radical (unpaired) electrons. The van der Waals surface area contributed by atoms with Gasteiger partial charge in [-0.25, -0.2) is 4.98 Å². The summed E-state index contributed by atoms with van der Waals surface area (Å²) in [6, 6.07) is 8.20. The molecular weight excluding hydrogens is 212 g/mol. The van der Waals surface area contributed by atoms with Gasteiger partial charge in [0.1, 0.15) is 5.82 Å². The first-order chi connectivity index (χ1) is 8.22. The first-order valence-electron chi connectivity index (χ1n) is 6.32. The van der Waals surface area contributed by atoms with Crippen molar-refractivity contribution in [2.45, 2.75) is 45.8 Å². The molecule has 0 saturated carbocycles. The number of imidazole rings is 1. The van der Waals surface area contributed by atoms with Gasteiger partial charge in [-0.3, -0.25) is 0 Å². The predicted octanol–water partition coefficient (Wildman–Crippen LogP) is 2.90. The minimum atomic E-state index is -0.162. The molecule has 3 heteroatoms. The minimum Gasteiger partial charge on any atom is -0.393 e. The highest BCUT2D eigenvalue weighted by Gasteiger charge is 2.07. The summed E-state index contributed by atoms with van der Waals surface area (Å²) in [4.78, 5) is 4.53. The van der Waals surface area contributed by atoms with E-state index in [1.165, 1.54) is 5.52 Å². The first-order valence-corrected chi connectivity index (χ1v) is 6.32. The van der Waals surface area contributed by atoms with Gasteiger partial charge in [-0.15, -0.1) is 0 Å². The zero-order valence-electron chi connectivity index (χ0n) is 10.6. The van der Waals surface area contributed by atoms with Crippen molar-refractivity contribution in [1.82, 2.24) is 9.55 Å². The number of hydrogen-bond acceptors (Lipinski definition) is 2. The standard InChI is InChI=1S/C14H20N2O/c1-3-12(17)7-6-10-16-11(2)15-13-8-4-5-9-14(13)16/h4-5,8-9,12,17H,3,6-7,10H2,1-2H3. The molecule has 0 fully saturated rings. The molecule has 92 valence electrons. The van der Waals surface area contributed by atoms with Crippen LogP contribution < -0.4 is 0 Å². The Bertz CT molecular complexity index is 490. The van der Waals surface area contributed by atoms with Crippen LogP contribution in [0, 0.1) is 6.92 Å². The van der Waals surface area contributed by atoms with E-state index in [9.17, 15) is 5.11 Å². The van der Waals surface area contributed by atoms with Crippen LogP contribution in [0.3, 0.4) is 0 Å². The van der Waals surface area contributed by atoms with E-state index in [1.807, 2.05) is 32.0 Å². The van der Waals surface area contributed by atoms with E-state index in [2.05, 4.69) is 15.6 Å². The Kier molecular flexibility index (Phi) is 3.79. The topological polar surface area (TPSA) is 38.0 Å². The minimum absolute atomic E-state index is 0.162. The van der Waals surface area contributed by atoms with Crippen LogP contribution in [0.15, 0.2) is 24.3 Å². The van der Waals surface area contributed by atoms with Gasteiger partial charge in [0.05, 0.1) is 17.1 Å². The van der Waals surface area contributed by atoms with E-state index >= 15 is 0 Å². The summed E-state index contributed by atoms with van der Waals surface area (Å²) in [5, 5.41) is 9.54. The molecule has 3 nitrogen and oxygen atoms in total. The summed E-state index contributed by atoms with van der Waals surface area (Å²) in [6.45, 7) is 4.99. The van der Waals surface area contributed by atoms with Crippen LogP contribution in [0.25, 0.3) is 11.0 Å². The van der Waals surface area contributed by atoms with Crippen LogP contribution in [0.2, 0.25) is 0 Å². The van der Waals surface area contributed by atoms with Crippen molar-refractivity contribution in [3.63, 3.8) is 0 Å². The molecule has 1 aromatic heterocycles. The van der Waals surface area contributed by atoms with Crippen molar-refractivity contribution in [3.05, 3.63) is 30.1 Å². The van der Waals surface area contributed by atoms with Crippen LogP contribution in [0.5, 0.6) is 0 Å². The van der Waals surface area contributed by atoms with Crippen molar-refractivity contribution < 1.29 is 5.11 Å². The molecule has 1 N–H and O–H groups in total. The largest absolute Gasteiger partial charge is 0.393 e. The SMILES string of the molecule is CCC(O)CCCn1c(C)nc2ccccc21. The lowest BCUT2D eigenvalue weighted by atomic mass is 10.1. The molecule has 1 heterocycles. The third kappa shape index (κ3) is 2.67. The zero-order valence-corrected chi connectivity index (χ0v) is 10.6. The van der Waals surface area contributed by atoms with Crippen LogP contribution in [0.1, 0.15) is 32.0 Å². The van der Waals surface area contributed by atoms with Crippen molar-refractivity contribution in [2.24, 2.45) is 0 Å². The molecule has 0 aliphatic carbocycles. The third-order valence-corrected chi connectivity index (χ3v) is 3.24. The molecule has 0 bridgehead atoms. The van der Waals surface area contributed by atoms with Crippen molar-refractivity contribution in [2.75, 3.05) is 0 Å². The highest BCUT2D eigenvalue weighted by Crippen LogP contribution is 2.16. The smallest absolute Gasteiger partial charge is 0.106 e. The Morgan fingerprint density at radius 2 is 2.12 bits per heavy atom. The van der Waals surface area contributed by atoms with Crippen molar-refractivity contribution in [3.8, 4) is 0 Å². The Morgan fingerprint density at radius 1 is 1.35 bits per heavy atom. The average molecular weight is 232 g/mol. The highest BCUT2D eigenvalue weighted by atomic mass is 16.3. The van der Waals surface area contributed by atoms with E-state index in [0.717, 1.165) is 37.1 Å². The maximum absolute atomic E-state index is 9.54. The Balaban J connectivity index is 2.10. The molecule has 0 aliphatic heterocycles. The summed E-state index contributed by atoms with van der Waals surface area (Å²) < 4.78 is 2.23. The van der Waals surface area contributed by atoms with E-state index in [-0.39, 0.29) is 6.10 Å². The van der Waals surface area contributed by atoms with E-state index < -0.39 is 0 Å². The third-order valence-electron chi connectivity index (χ3n) is 3.24. The molecule has 0 spiro atoms. The fraction of sp³-hybridized carbons (Fsp3) is 0.500. The quantitative estimate of drug-likeness (QED) is 0.860. The normalized spacial score (nSPS) is 13.1. The van der Waals surface area contributed by atoms with Gasteiger partial charge in [0.25, 0.3) is 0 Å². The average Bonchev–Trinajstić information content (AvgIpc) is 2.66. The number of aromatic nitrogens is 2. The number of aryl methyl sites for hydroxylation is 2. The van der Waals surface area contributed by atoms with E-state index in [4.69, 9.17) is 0 Å². The van der Waals surface area contributed by atoms with E-state index in [0.29, 0.717) is 0 Å². The van der Waals surface area contributed by atoms with Gasteiger partial charge in [0.15, 0.2) is 0 Å². The molecule has 1 unspecified atom stereocenters. The fourth-order valence-electron chi connectivity index (χ4n) is 2.17. The molecule has 0 saturated heterocycles. The number of nitrogens with zero attached hydrogens (tertiary/aromatic N) is 2. The molecule has 1 atom stereocenters. The van der Waals surface area contributed by atoms with Crippen LogP contribution in [-0.4, -0.2) is 20.8 Å². The van der Waals surface area contributed by atoms with Gasteiger partial charge in [-0.1, -0.05) is 19.1 Å². The number of hydrogen-bond donors (Lipinski definition) is 1. The van der Waals surface area contributed by atoms with Gasteiger partial charge in [0, 0.05) is 6.54 Å². The lowest BCUT2D eigenvalue weighted by molar-refractivity contribution is 0.156. The molecule has 2 aromatic rings. The Labute approximate surface area is 102 Å². The number of aliphatic hydroxyl groups excluding tert-OH is 1. The maximum Gasteiger partial charge on any atom is 0.106 e. The van der Waals surface area contributed by atoms with Gasteiger partial charge >= 0.3 is 0 Å². The molecular formula is C14H20N2O. The lowest BCUT2D eigenvalue weighted by Gasteiger charge is -2.09. The highest BCUT2D eigenvalue weighted by molar-refractivity contribution is 5.75. The zero-order chi connectivity index (χ0) is 12.3. The van der Waals surface area contributed by atoms with Gasteiger partial charge < -0.3 is 9.67 Å². The number of benzene rings is 1. The van der Waals surface area contributed by atoms with E-state index in [1.54, 1.807) is 0 Å². The van der Waals surface area contributed by atoms with Crippen LogP contribution in [0.4, 0.5) is 0 Å². The monoisotopic (exact) mass is 232 g/mol. The second kappa shape index (κ2) is 5.32. The molecule has 1 aromatic carbocycles. The van der Waals surface area contributed by atoms with Gasteiger partial charge in [-0.05, 0) is 38.3 Å².